The lowest BCUT2D eigenvalue weighted by molar-refractivity contribution is -0.138. The van der Waals surface area contributed by atoms with Crippen LogP contribution in [0.4, 0.5) is 9.59 Å². The molecule has 0 fully saturated rings. The predicted octanol–water partition coefficient (Wildman–Crippen LogP) is 0.152. The summed E-state index contributed by atoms with van der Waals surface area (Å²) < 4.78 is 0. The van der Waals surface area contributed by atoms with E-state index < -0.39 is 5.97 Å². The quantitative estimate of drug-likeness (QED) is 0.580. The van der Waals surface area contributed by atoms with Crippen molar-refractivity contribution in [3.8, 4) is 0 Å². The minimum Gasteiger partial charge on any atom is -0.481 e. The molecular weight excluding hydrogens is 264 g/mol. The van der Waals surface area contributed by atoms with Gasteiger partial charge >= 0.3 is 18.0 Å². The van der Waals surface area contributed by atoms with Gasteiger partial charge in [0.25, 0.3) is 0 Å². The third-order valence-corrected chi connectivity index (χ3v) is 2.69. The number of carboxylic acids is 1. The van der Waals surface area contributed by atoms with Gasteiger partial charge in [-0.25, -0.2) is 9.59 Å². The molecule has 0 bridgehead atoms. The first kappa shape index (κ1) is 18.0. The van der Waals surface area contributed by atoms with Gasteiger partial charge in [-0.2, -0.15) is 0 Å². The summed E-state index contributed by atoms with van der Waals surface area (Å²) in [5, 5.41) is 14.0. The number of hydrogen-bond acceptors (Lipinski definition) is 3. The van der Waals surface area contributed by atoms with Crippen molar-refractivity contribution >= 4 is 18.0 Å². The average molecular weight is 288 g/mol. The lowest BCUT2D eigenvalue weighted by Crippen LogP contribution is -2.47. The van der Waals surface area contributed by atoms with E-state index in [9.17, 15) is 14.4 Å². The summed E-state index contributed by atoms with van der Waals surface area (Å²) in [6, 6.07) is -0.944. The monoisotopic (exact) mass is 288 g/mol. The molecule has 3 N–H and O–H groups in total. The summed E-state index contributed by atoms with van der Waals surface area (Å²) in [7, 11) is 3.25. The third-order valence-electron chi connectivity index (χ3n) is 2.69. The molecule has 0 radical (unpaired) electrons. The van der Waals surface area contributed by atoms with Crippen LogP contribution in [0.15, 0.2) is 0 Å². The molecule has 0 saturated heterocycles. The number of carboxylic acid groups (broad SMARTS) is 1. The number of rotatable bonds is 7. The Hall–Kier alpha value is -1.99. The van der Waals surface area contributed by atoms with Crippen LogP contribution in [0.2, 0.25) is 0 Å². The molecule has 0 aromatic heterocycles. The number of hydrogen-bond donors (Lipinski definition) is 3. The second kappa shape index (κ2) is 9.00. The molecule has 0 saturated carbocycles. The molecule has 0 aromatic rings. The number of aliphatic carboxylic acids is 1. The zero-order valence-corrected chi connectivity index (χ0v) is 12.5. The van der Waals surface area contributed by atoms with E-state index in [0.29, 0.717) is 13.1 Å². The first-order chi connectivity index (χ1) is 9.29. The van der Waals surface area contributed by atoms with E-state index in [1.165, 1.54) is 9.80 Å². The zero-order valence-electron chi connectivity index (χ0n) is 12.5. The Bertz CT molecular complexity index is 346. The molecule has 4 amide bonds. The largest absolute Gasteiger partial charge is 0.481 e. The van der Waals surface area contributed by atoms with Gasteiger partial charge in [0.2, 0.25) is 0 Å². The Morgan fingerprint density at radius 1 is 1.10 bits per heavy atom. The Labute approximate surface area is 119 Å². The molecule has 0 rings (SSSR count). The molecule has 0 heterocycles. The van der Waals surface area contributed by atoms with Gasteiger partial charge in [0.1, 0.15) is 0 Å². The summed E-state index contributed by atoms with van der Waals surface area (Å²) in [4.78, 5) is 36.6. The molecule has 0 aliphatic heterocycles. The molecule has 8 heteroatoms. The van der Waals surface area contributed by atoms with E-state index in [0.717, 1.165) is 0 Å². The Morgan fingerprint density at radius 2 is 1.60 bits per heavy atom. The maximum Gasteiger partial charge on any atom is 0.317 e. The third kappa shape index (κ3) is 6.81. The second-order valence-corrected chi connectivity index (χ2v) is 4.59. The molecule has 0 spiro atoms. The highest BCUT2D eigenvalue weighted by Gasteiger charge is 2.20. The average Bonchev–Trinajstić information content (AvgIpc) is 2.34. The molecule has 0 aliphatic carbocycles. The van der Waals surface area contributed by atoms with Crippen molar-refractivity contribution in [1.82, 2.24) is 20.4 Å². The topological polar surface area (TPSA) is 102 Å². The summed E-state index contributed by atoms with van der Waals surface area (Å²) >= 11 is 0. The Morgan fingerprint density at radius 3 is 2.00 bits per heavy atom. The fraction of sp³-hybridized carbons (Fsp3) is 0.750. The standard InChI is InChI=1S/C12H24N4O4/c1-5-16(9(2)8-10(17)18)12(20)14-7-6-13-11(19)15(3)4/h9H,5-8H2,1-4H3,(H,13,19)(H,14,20)(H,17,18). The Balaban J connectivity index is 4.10. The lowest BCUT2D eigenvalue weighted by atomic mass is 10.2. The van der Waals surface area contributed by atoms with Crippen molar-refractivity contribution < 1.29 is 19.5 Å². The maximum atomic E-state index is 11.9. The summed E-state index contributed by atoms with van der Waals surface area (Å²) in [5.74, 6) is -0.943. The number of carbonyl (C=O) groups excluding carboxylic acids is 2. The highest BCUT2D eigenvalue weighted by molar-refractivity contribution is 5.76. The van der Waals surface area contributed by atoms with E-state index in [4.69, 9.17) is 5.11 Å². The van der Waals surface area contributed by atoms with Crippen molar-refractivity contribution in [3.05, 3.63) is 0 Å². The number of amides is 4. The van der Waals surface area contributed by atoms with Gasteiger partial charge in [0.15, 0.2) is 0 Å². The van der Waals surface area contributed by atoms with Crippen LogP contribution in [-0.4, -0.2) is 72.7 Å². The fourth-order valence-electron chi connectivity index (χ4n) is 1.62. The minimum atomic E-state index is -0.943. The molecule has 8 nitrogen and oxygen atoms in total. The highest BCUT2D eigenvalue weighted by atomic mass is 16.4. The Kier molecular flexibility index (Phi) is 8.10. The van der Waals surface area contributed by atoms with Gasteiger partial charge in [0, 0.05) is 39.8 Å². The number of nitrogens with zero attached hydrogens (tertiary/aromatic N) is 2. The van der Waals surface area contributed by atoms with E-state index in [1.54, 1.807) is 27.9 Å². The van der Waals surface area contributed by atoms with Crippen LogP contribution in [0.25, 0.3) is 0 Å². The van der Waals surface area contributed by atoms with Gasteiger partial charge in [-0.05, 0) is 13.8 Å². The second-order valence-electron chi connectivity index (χ2n) is 4.59. The van der Waals surface area contributed by atoms with E-state index in [-0.39, 0.29) is 31.1 Å². The van der Waals surface area contributed by atoms with Crippen molar-refractivity contribution in [2.24, 2.45) is 0 Å². The first-order valence-electron chi connectivity index (χ1n) is 6.51. The number of urea groups is 2. The summed E-state index contributed by atoms with van der Waals surface area (Å²) in [5.41, 5.74) is 0. The highest BCUT2D eigenvalue weighted by Crippen LogP contribution is 2.03. The molecule has 1 atom stereocenters. The summed E-state index contributed by atoms with van der Waals surface area (Å²) in [6.45, 7) is 4.49. The molecule has 0 aliphatic rings. The van der Waals surface area contributed by atoms with Gasteiger partial charge in [0.05, 0.1) is 6.42 Å². The lowest BCUT2D eigenvalue weighted by Gasteiger charge is -2.27. The van der Waals surface area contributed by atoms with E-state index in [1.807, 2.05) is 0 Å². The molecular formula is C12H24N4O4. The van der Waals surface area contributed by atoms with Crippen molar-refractivity contribution in [1.29, 1.82) is 0 Å². The first-order valence-corrected chi connectivity index (χ1v) is 6.51. The van der Waals surface area contributed by atoms with Gasteiger partial charge < -0.3 is 25.5 Å². The van der Waals surface area contributed by atoms with Crippen LogP contribution < -0.4 is 10.6 Å². The van der Waals surface area contributed by atoms with E-state index in [2.05, 4.69) is 10.6 Å². The van der Waals surface area contributed by atoms with Crippen molar-refractivity contribution in [3.63, 3.8) is 0 Å². The van der Waals surface area contributed by atoms with Crippen LogP contribution in [0, 0.1) is 0 Å². The van der Waals surface area contributed by atoms with Crippen LogP contribution in [0.5, 0.6) is 0 Å². The minimum absolute atomic E-state index is 0.0986. The van der Waals surface area contributed by atoms with Crippen molar-refractivity contribution in [2.45, 2.75) is 26.3 Å². The fourth-order valence-corrected chi connectivity index (χ4v) is 1.62. The predicted molar refractivity (Wildman–Crippen MR) is 74.6 cm³/mol. The van der Waals surface area contributed by atoms with Gasteiger partial charge in [-0.1, -0.05) is 0 Å². The number of carbonyl (C=O) groups is 3. The van der Waals surface area contributed by atoms with Gasteiger partial charge in [-0.15, -0.1) is 0 Å². The maximum absolute atomic E-state index is 11.9. The SMILES string of the molecule is CCN(C(=O)NCCNC(=O)N(C)C)C(C)CC(=O)O. The molecule has 116 valence electrons. The molecule has 1 unspecified atom stereocenters. The smallest absolute Gasteiger partial charge is 0.317 e. The van der Waals surface area contributed by atoms with Crippen molar-refractivity contribution in [2.75, 3.05) is 33.7 Å². The van der Waals surface area contributed by atoms with E-state index >= 15 is 0 Å². The molecule has 0 aromatic carbocycles. The van der Waals surface area contributed by atoms with Crippen LogP contribution in [0.3, 0.4) is 0 Å². The summed E-state index contributed by atoms with van der Waals surface area (Å²) in [6.07, 6.45) is -0.0986. The normalized spacial score (nSPS) is 11.4. The zero-order chi connectivity index (χ0) is 15.7. The number of nitrogens with one attached hydrogen (secondary N) is 2. The van der Waals surface area contributed by atoms with Gasteiger partial charge in [-0.3, -0.25) is 4.79 Å². The van der Waals surface area contributed by atoms with Crippen LogP contribution >= 0.6 is 0 Å². The molecule has 20 heavy (non-hydrogen) atoms. The van der Waals surface area contributed by atoms with Crippen LogP contribution in [-0.2, 0) is 4.79 Å². The van der Waals surface area contributed by atoms with Crippen LogP contribution in [0.1, 0.15) is 20.3 Å².